The summed E-state index contributed by atoms with van der Waals surface area (Å²) in [4.78, 5) is 0. The summed E-state index contributed by atoms with van der Waals surface area (Å²) in [5.41, 5.74) is 6.82. The molecule has 0 bridgehead atoms. The van der Waals surface area contributed by atoms with Crippen LogP contribution in [0.5, 0.6) is 0 Å². The van der Waals surface area contributed by atoms with Gasteiger partial charge in [0.05, 0.1) is 0 Å². The van der Waals surface area contributed by atoms with Crippen LogP contribution in [0.15, 0.2) is 66.9 Å². The molecule has 0 saturated carbocycles. The van der Waals surface area contributed by atoms with Crippen LogP contribution in [0.2, 0.25) is 0 Å². The summed E-state index contributed by atoms with van der Waals surface area (Å²) >= 11 is 0. The van der Waals surface area contributed by atoms with E-state index in [0.717, 1.165) is 6.42 Å². The van der Waals surface area contributed by atoms with Gasteiger partial charge >= 0.3 is 0 Å². The molecule has 4 aromatic carbocycles. The molecule has 0 spiro atoms. The molecule has 96 valence electrons. The highest BCUT2D eigenvalue weighted by Crippen LogP contribution is 2.35. The summed E-state index contributed by atoms with van der Waals surface area (Å²) in [5.74, 6) is 0. The Morgan fingerprint density at radius 1 is 0.750 bits per heavy atom. The Kier molecular flexibility index (Phi) is 2.40. The summed E-state index contributed by atoms with van der Waals surface area (Å²) in [5, 5.41) is 8.03. The highest BCUT2D eigenvalue weighted by molar-refractivity contribution is 6.23. The lowest BCUT2D eigenvalue weighted by Crippen LogP contribution is -1.89. The van der Waals surface area contributed by atoms with Crippen molar-refractivity contribution in [3.63, 3.8) is 0 Å². The second-order valence-electron chi connectivity index (χ2n) is 5.21. The fourth-order valence-corrected chi connectivity index (χ4v) is 3.17. The molecule has 20 heavy (non-hydrogen) atoms. The van der Waals surface area contributed by atoms with E-state index in [9.17, 15) is 0 Å². The van der Waals surface area contributed by atoms with Gasteiger partial charge in [0.2, 0.25) is 0 Å². The highest BCUT2D eigenvalue weighted by atomic mass is 14.5. The van der Waals surface area contributed by atoms with E-state index in [1.54, 1.807) is 6.20 Å². The van der Waals surface area contributed by atoms with Crippen LogP contribution in [0.1, 0.15) is 5.56 Å². The van der Waals surface area contributed by atoms with E-state index in [2.05, 4.69) is 54.6 Å². The SMILES string of the molecule is NC=CCc1ccc2ccc3cccc4ccc1c2c34. The first-order valence-corrected chi connectivity index (χ1v) is 6.90. The third-order valence-electron chi connectivity index (χ3n) is 4.09. The predicted octanol–water partition coefficient (Wildman–Crippen LogP) is 4.60. The second-order valence-corrected chi connectivity index (χ2v) is 5.21. The molecule has 0 fully saturated rings. The van der Waals surface area contributed by atoms with Crippen molar-refractivity contribution in [3.05, 3.63) is 72.4 Å². The number of nitrogens with two attached hydrogens (primary N) is 1. The van der Waals surface area contributed by atoms with E-state index in [4.69, 9.17) is 5.73 Å². The quantitative estimate of drug-likeness (QED) is 0.522. The summed E-state index contributed by atoms with van der Waals surface area (Å²) < 4.78 is 0. The summed E-state index contributed by atoms with van der Waals surface area (Å²) in [6.45, 7) is 0. The van der Waals surface area contributed by atoms with Gasteiger partial charge in [-0.1, -0.05) is 60.7 Å². The zero-order valence-corrected chi connectivity index (χ0v) is 11.1. The molecule has 0 aromatic heterocycles. The molecule has 0 atom stereocenters. The summed E-state index contributed by atoms with van der Waals surface area (Å²) in [7, 11) is 0. The Balaban J connectivity index is 2.20. The minimum atomic E-state index is 0.880. The number of hydrogen-bond donors (Lipinski definition) is 1. The van der Waals surface area contributed by atoms with Gasteiger partial charge in [-0.05, 0) is 50.5 Å². The Bertz CT molecular complexity index is 919. The molecule has 1 heteroatoms. The predicted molar refractivity (Wildman–Crippen MR) is 87.2 cm³/mol. The first kappa shape index (κ1) is 11.3. The zero-order chi connectivity index (χ0) is 13.5. The molecule has 4 rings (SSSR count). The number of rotatable bonds is 2. The monoisotopic (exact) mass is 257 g/mol. The molecular weight excluding hydrogens is 242 g/mol. The van der Waals surface area contributed by atoms with E-state index in [1.165, 1.54) is 37.9 Å². The molecule has 0 amide bonds. The molecule has 0 saturated heterocycles. The van der Waals surface area contributed by atoms with Gasteiger partial charge in [-0.3, -0.25) is 0 Å². The Morgan fingerprint density at radius 2 is 1.40 bits per heavy atom. The van der Waals surface area contributed by atoms with Gasteiger partial charge in [-0.25, -0.2) is 0 Å². The largest absolute Gasteiger partial charge is 0.405 e. The minimum Gasteiger partial charge on any atom is -0.405 e. The van der Waals surface area contributed by atoms with Crippen molar-refractivity contribution in [1.82, 2.24) is 0 Å². The van der Waals surface area contributed by atoms with Crippen molar-refractivity contribution >= 4 is 32.3 Å². The second kappa shape index (κ2) is 4.24. The average molecular weight is 257 g/mol. The molecule has 2 N–H and O–H groups in total. The van der Waals surface area contributed by atoms with Crippen molar-refractivity contribution in [2.24, 2.45) is 5.73 Å². The molecular formula is C19H15N. The summed E-state index contributed by atoms with van der Waals surface area (Å²) in [6.07, 6.45) is 4.51. The molecule has 1 nitrogen and oxygen atoms in total. The first-order valence-electron chi connectivity index (χ1n) is 6.90. The maximum atomic E-state index is 5.48. The van der Waals surface area contributed by atoms with Gasteiger partial charge in [0.15, 0.2) is 0 Å². The molecule has 0 radical (unpaired) electrons. The van der Waals surface area contributed by atoms with E-state index in [1.807, 2.05) is 6.08 Å². The fraction of sp³-hybridized carbons (Fsp3) is 0.0526. The van der Waals surface area contributed by atoms with Crippen molar-refractivity contribution in [1.29, 1.82) is 0 Å². The van der Waals surface area contributed by atoms with Crippen LogP contribution in [-0.2, 0) is 6.42 Å². The van der Waals surface area contributed by atoms with Gasteiger partial charge < -0.3 is 5.73 Å². The molecule has 0 unspecified atom stereocenters. The van der Waals surface area contributed by atoms with Crippen molar-refractivity contribution in [3.8, 4) is 0 Å². The van der Waals surface area contributed by atoms with Crippen LogP contribution in [0.3, 0.4) is 0 Å². The lowest BCUT2D eigenvalue weighted by atomic mass is 9.91. The standard InChI is InChI=1S/C19H15N/c20-12-2-5-13-6-7-16-9-8-14-3-1-4-15-10-11-17(13)19(16)18(14)15/h1-4,6-12H,5,20H2. The maximum absolute atomic E-state index is 5.48. The molecule has 0 aliphatic carbocycles. The van der Waals surface area contributed by atoms with Crippen LogP contribution in [0.4, 0.5) is 0 Å². The third-order valence-corrected chi connectivity index (χ3v) is 4.09. The lowest BCUT2D eigenvalue weighted by Gasteiger charge is -2.13. The smallest absolute Gasteiger partial charge is 0.00239 e. The maximum Gasteiger partial charge on any atom is -0.00239 e. The number of allylic oxidation sites excluding steroid dienone is 1. The van der Waals surface area contributed by atoms with Crippen LogP contribution in [0.25, 0.3) is 32.3 Å². The van der Waals surface area contributed by atoms with Crippen molar-refractivity contribution in [2.75, 3.05) is 0 Å². The van der Waals surface area contributed by atoms with Crippen molar-refractivity contribution < 1.29 is 0 Å². The molecule has 0 aliphatic heterocycles. The highest BCUT2D eigenvalue weighted by Gasteiger charge is 2.09. The minimum absolute atomic E-state index is 0.880. The van der Waals surface area contributed by atoms with E-state index in [0.29, 0.717) is 0 Å². The van der Waals surface area contributed by atoms with E-state index < -0.39 is 0 Å². The normalized spacial score (nSPS) is 12.2. The summed E-state index contributed by atoms with van der Waals surface area (Å²) in [6, 6.07) is 19.8. The van der Waals surface area contributed by atoms with E-state index in [-0.39, 0.29) is 0 Å². The van der Waals surface area contributed by atoms with Gasteiger partial charge in [-0.2, -0.15) is 0 Å². The van der Waals surface area contributed by atoms with Crippen molar-refractivity contribution in [2.45, 2.75) is 6.42 Å². The van der Waals surface area contributed by atoms with Gasteiger partial charge in [0, 0.05) is 0 Å². The van der Waals surface area contributed by atoms with E-state index >= 15 is 0 Å². The molecule has 0 aliphatic rings. The van der Waals surface area contributed by atoms with Gasteiger partial charge in [-0.15, -0.1) is 0 Å². The molecule has 4 aromatic rings. The van der Waals surface area contributed by atoms with Crippen LogP contribution < -0.4 is 5.73 Å². The zero-order valence-electron chi connectivity index (χ0n) is 11.1. The molecule has 0 heterocycles. The first-order chi connectivity index (χ1) is 9.88. The number of hydrogen-bond acceptors (Lipinski definition) is 1. The lowest BCUT2D eigenvalue weighted by molar-refractivity contribution is 1.29. The van der Waals surface area contributed by atoms with Gasteiger partial charge in [0.1, 0.15) is 0 Å². The Labute approximate surface area is 117 Å². The fourth-order valence-electron chi connectivity index (χ4n) is 3.17. The van der Waals surface area contributed by atoms with Crippen LogP contribution in [0, 0.1) is 0 Å². The topological polar surface area (TPSA) is 26.0 Å². The van der Waals surface area contributed by atoms with Crippen LogP contribution in [-0.4, -0.2) is 0 Å². The third kappa shape index (κ3) is 1.50. The Hall–Kier alpha value is -2.54. The number of benzene rings is 4. The Morgan fingerprint density at radius 3 is 2.15 bits per heavy atom. The van der Waals surface area contributed by atoms with Gasteiger partial charge in [0.25, 0.3) is 0 Å². The van der Waals surface area contributed by atoms with Crippen LogP contribution >= 0.6 is 0 Å². The average Bonchev–Trinajstić information content (AvgIpc) is 2.51.